The third kappa shape index (κ3) is 5.66. The smallest absolute Gasteiger partial charge is 0.416 e. The van der Waals surface area contributed by atoms with E-state index in [1.807, 2.05) is 19.0 Å². The van der Waals surface area contributed by atoms with Crippen LogP contribution in [0.4, 0.5) is 13.2 Å². The number of rotatable bonds is 6. The lowest BCUT2D eigenvalue weighted by atomic mass is 10.1. The van der Waals surface area contributed by atoms with E-state index in [4.69, 9.17) is 9.47 Å². The molecular weight excluding hydrogens is 397 g/mol. The van der Waals surface area contributed by atoms with Crippen LogP contribution >= 0.6 is 0 Å². The minimum Gasteiger partial charge on any atom is -0.490 e. The molecule has 0 unspecified atom stereocenters. The van der Waals surface area contributed by atoms with Gasteiger partial charge < -0.3 is 19.3 Å². The second-order valence-corrected chi connectivity index (χ2v) is 7.44. The van der Waals surface area contributed by atoms with Crippen LogP contribution in [0.2, 0.25) is 0 Å². The summed E-state index contributed by atoms with van der Waals surface area (Å²) in [4.78, 5) is 16.7. The third-order valence-electron chi connectivity index (χ3n) is 4.73. The lowest BCUT2D eigenvalue weighted by Gasteiger charge is -2.25. The largest absolute Gasteiger partial charge is 0.490 e. The van der Waals surface area contributed by atoms with Crippen molar-refractivity contribution >= 4 is 5.91 Å². The van der Waals surface area contributed by atoms with Crippen molar-refractivity contribution in [1.29, 1.82) is 0 Å². The zero-order valence-corrected chi connectivity index (χ0v) is 17.0. The van der Waals surface area contributed by atoms with Gasteiger partial charge >= 0.3 is 6.18 Å². The standard InChI is InChI=1S/C22H25F3N2O3/c1-26(2)9-10-27(15-16-5-3-6-18(13-16)22(23,24)25)21(28)17-7-8-19-20(14-17)30-12-4-11-29-19/h3,5-8,13-14H,4,9-12,15H2,1-2H3. The lowest BCUT2D eigenvalue weighted by Crippen LogP contribution is -2.36. The molecule has 3 rings (SSSR count). The molecule has 0 saturated heterocycles. The number of fused-ring (bicyclic) bond motifs is 1. The summed E-state index contributed by atoms with van der Waals surface area (Å²) < 4.78 is 50.4. The van der Waals surface area contributed by atoms with Crippen molar-refractivity contribution < 1.29 is 27.4 Å². The summed E-state index contributed by atoms with van der Waals surface area (Å²) in [6.45, 7) is 2.07. The Morgan fingerprint density at radius 1 is 1.00 bits per heavy atom. The van der Waals surface area contributed by atoms with Gasteiger partial charge in [-0.2, -0.15) is 13.2 Å². The molecule has 2 aromatic rings. The molecule has 30 heavy (non-hydrogen) atoms. The Morgan fingerprint density at radius 2 is 1.73 bits per heavy atom. The summed E-state index contributed by atoms with van der Waals surface area (Å²) in [5, 5.41) is 0. The summed E-state index contributed by atoms with van der Waals surface area (Å²) >= 11 is 0. The first-order chi connectivity index (χ1) is 14.2. The Kier molecular flexibility index (Phi) is 6.87. The van der Waals surface area contributed by atoms with Crippen LogP contribution in [0.15, 0.2) is 42.5 Å². The summed E-state index contributed by atoms with van der Waals surface area (Å²) in [7, 11) is 3.75. The van der Waals surface area contributed by atoms with E-state index in [9.17, 15) is 18.0 Å². The number of likely N-dealkylation sites (N-methyl/N-ethyl adjacent to an activating group) is 1. The average Bonchev–Trinajstić information content (AvgIpc) is 2.95. The zero-order chi connectivity index (χ0) is 21.7. The molecule has 0 aliphatic carbocycles. The second kappa shape index (κ2) is 9.38. The maximum atomic E-state index is 13.2. The van der Waals surface area contributed by atoms with E-state index >= 15 is 0 Å². The lowest BCUT2D eigenvalue weighted by molar-refractivity contribution is -0.137. The number of amides is 1. The van der Waals surface area contributed by atoms with Crippen molar-refractivity contribution in [2.24, 2.45) is 0 Å². The van der Waals surface area contributed by atoms with Crippen LogP contribution < -0.4 is 9.47 Å². The monoisotopic (exact) mass is 422 g/mol. The maximum absolute atomic E-state index is 13.2. The van der Waals surface area contributed by atoms with E-state index in [1.54, 1.807) is 29.2 Å². The van der Waals surface area contributed by atoms with Crippen molar-refractivity contribution in [3.05, 3.63) is 59.2 Å². The summed E-state index contributed by atoms with van der Waals surface area (Å²) in [6.07, 6.45) is -3.68. The second-order valence-electron chi connectivity index (χ2n) is 7.44. The number of carbonyl (C=O) groups excluding carboxylic acids is 1. The average molecular weight is 422 g/mol. The molecule has 0 saturated carbocycles. The van der Waals surface area contributed by atoms with E-state index in [2.05, 4.69) is 0 Å². The van der Waals surface area contributed by atoms with Crippen LogP contribution in [0.3, 0.4) is 0 Å². The van der Waals surface area contributed by atoms with Crippen LogP contribution in [-0.4, -0.2) is 56.1 Å². The topological polar surface area (TPSA) is 42.0 Å². The molecule has 1 amide bonds. The highest BCUT2D eigenvalue weighted by Gasteiger charge is 2.30. The summed E-state index contributed by atoms with van der Waals surface area (Å²) in [5.41, 5.74) is 0.104. The van der Waals surface area contributed by atoms with Crippen molar-refractivity contribution in [1.82, 2.24) is 9.80 Å². The number of alkyl halides is 3. The number of halogens is 3. The van der Waals surface area contributed by atoms with E-state index < -0.39 is 11.7 Å². The zero-order valence-electron chi connectivity index (χ0n) is 17.0. The van der Waals surface area contributed by atoms with Gasteiger partial charge in [0.05, 0.1) is 18.8 Å². The molecule has 0 bridgehead atoms. The fourth-order valence-corrected chi connectivity index (χ4v) is 3.12. The van der Waals surface area contributed by atoms with Crippen LogP contribution in [0, 0.1) is 0 Å². The van der Waals surface area contributed by atoms with Gasteiger partial charge in [-0.15, -0.1) is 0 Å². The van der Waals surface area contributed by atoms with Gasteiger partial charge in [0.2, 0.25) is 0 Å². The molecule has 1 aliphatic rings. The number of benzene rings is 2. The minimum absolute atomic E-state index is 0.0744. The fourth-order valence-electron chi connectivity index (χ4n) is 3.12. The Bertz CT molecular complexity index is 884. The molecule has 162 valence electrons. The number of hydrogen-bond acceptors (Lipinski definition) is 4. The van der Waals surface area contributed by atoms with Crippen LogP contribution in [0.5, 0.6) is 11.5 Å². The van der Waals surface area contributed by atoms with Gasteiger partial charge in [0, 0.05) is 31.6 Å². The van der Waals surface area contributed by atoms with Gasteiger partial charge in [0.1, 0.15) is 0 Å². The van der Waals surface area contributed by atoms with Crippen LogP contribution in [0.1, 0.15) is 27.9 Å². The first kappa shape index (κ1) is 22.0. The first-order valence-electron chi connectivity index (χ1n) is 9.74. The van der Waals surface area contributed by atoms with Gasteiger partial charge in [-0.3, -0.25) is 4.79 Å². The highest BCUT2D eigenvalue weighted by Crippen LogP contribution is 2.32. The van der Waals surface area contributed by atoms with E-state index in [-0.39, 0.29) is 12.5 Å². The molecule has 8 heteroatoms. The molecule has 0 radical (unpaired) electrons. The number of carbonyl (C=O) groups is 1. The Hall–Kier alpha value is -2.74. The maximum Gasteiger partial charge on any atom is 0.416 e. The van der Waals surface area contributed by atoms with Crippen molar-refractivity contribution in [3.8, 4) is 11.5 Å². The molecule has 1 heterocycles. The summed E-state index contributed by atoms with van der Waals surface area (Å²) in [5.74, 6) is 0.816. The normalized spacial score (nSPS) is 13.8. The predicted molar refractivity (Wildman–Crippen MR) is 107 cm³/mol. The Morgan fingerprint density at radius 3 is 2.43 bits per heavy atom. The molecular formula is C22H25F3N2O3. The van der Waals surface area contributed by atoms with Crippen LogP contribution in [-0.2, 0) is 12.7 Å². The van der Waals surface area contributed by atoms with Gasteiger partial charge in [-0.25, -0.2) is 0 Å². The van der Waals surface area contributed by atoms with Gasteiger partial charge in [0.15, 0.2) is 11.5 Å². The van der Waals surface area contributed by atoms with Crippen molar-refractivity contribution in [2.45, 2.75) is 19.1 Å². The van der Waals surface area contributed by atoms with Crippen molar-refractivity contribution in [2.75, 3.05) is 40.4 Å². The molecule has 0 fully saturated rings. The quantitative estimate of drug-likeness (QED) is 0.704. The molecule has 0 aromatic heterocycles. The number of nitrogens with zero attached hydrogens (tertiary/aromatic N) is 2. The molecule has 5 nitrogen and oxygen atoms in total. The van der Waals surface area contributed by atoms with Crippen molar-refractivity contribution in [3.63, 3.8) is 0 Å². The van der Waals surface area contributed by atoms with E-state index in [1.165, 1.54) is 6.07 Å². The molecule has 0 N–H and O–H groups in total. The highest BCUT2D eigenvalue weighted by atomic mass is 19.4. The fraction of sp³-hybridized carbons (Fsp3) is 0.409. The Balaban J connectivity index is 1.84. The minimum atomic E-state index is -4.43. The number of hydrogen-bond donors (Lipinski definition) is 0. The van der Waals surface area contributed by atoms with E-state index in [0.29, 0.717) is 48.9 Å². The predicted octanol–water partition coefficient (Wildman–Crippen LogP) is 4.07. The number of ether oxygens (including phenoxy) is 2. The first-order valence-corrected chi connectivity index (χ1v) is 9.74. The van der Waals surface area contributed by atoms with Gasteiger partial charge in [-0.05, 0) is 50.0 Å². The molecule has 0 spiro atoms. The molecule has 2 aromatic carbocycles. The van der Waals surface area contributed by atoms with E-state index in [0.717, 1.165) is 18.6 Å². The SMILES string of the molecule is CN(C)CCN(Cc1cccc(C(F)(F)F)c1)C(=O)c1ccc2c(c1)OCCCO2. The van der Waals surface area contributed by atoms with Gasteiger partial charge in [0.25, 0.3) is 5.91 Å². The molecule has 1 aliphatic heterocycles. The Labute approximate surface area is 174 Å². The van der Waals surface area contributed by atoms with Gasteiger partial charge in [-0.1, -0.05) is 12.1 Å². The molecule has 0 atom stereocenters. The third-order valence-corrected chi connectivity index (χ3v) is 4.73. The summed E-state index contributed by atoms with van der Waals surface area (Å²) in [6, 6.07) is 10.1. The van der Waals surface area contributed by atoms with Crippen LogP contribution in [0.25, 0.3) is 0 Å². The highest BCUT2D eigenvalue weighted by molar-refractivity contribution is 5.95.